The Morgan fingerprint density at radius 2 is 2.05 bits per heavy atom. The van der Waals surface area contributed by atoms with E-state index in [0.29, 0.717) is 0 Å². The molecule has 1 unspecified atom stereocenters. The average molecular weight is 280 g/mol. The van der Waals surface area contributed by atoms with E-state index in [9.17, 15) is 0 Å². The second-order valence-corrected chi connectivity index (χ2v) is 5.27. The van der Waals surface area contributed by atoms with E-state index in [1.165, 1.54) is 5.39 Å². The first kappa shape index (κ1) is 13.8. The van der Waals surface area contributed by atoms with Crippen molar-refractivity contribution in [3.8, 4) is 0 Å². The molecule has 1 aromatic carbocycles. The third kappa shape index (κ3) is 3.11. The largest absolute Gasteiger partial charge is 0.340 e. The number of imidazole rings is 1. The van der Waals surface area contributed by atoms with Crippen LogP contribution in [-0.2, 0) is 13.5 Å². The number of fused-ring (bicyclic) bond motifs is 1. The van der Waals surface area contributed by atoms with Gasteiger partial charge >= 0.3 is 0 Å². The minimum atomic E-state index is 0.199. The van der Waals surface area contributed by atoms with Crippen LogP contribution >= 0.6 is 0 Å². The molecule has 4 heteroatoms. The Kier molecular flexibility index (Phi) is 3.97. The number of nitrogens with one attached hydrogen (secondary N) is 1. The molecule has 108 valence electrons. The van der Waals surface area contributed by atoms with E-state index in [1.807, 2.05) is 30.1 Å². The summed E-state index contributed by atoms with van der Waals surface area (Å²) in [6.07, 6.45) is 4.75. The fraction of sp³-hybridized carbons (Fsp3) is 0.294. The second kappa shape index (κ2) is 6.06. The van der Waals surface area contributed by atoms with Crippen LogP contribution < -0.4 is 5.32 Å². The smallest absolute Gasteiger partial charge is 0.0947 e. The van der Waals surface area contributed by atoms with Gasteiger partial charge in [0.15, 0.2) is 0 Å². The summed E-state index contributed by atoms with van der Waals surface area (Å²) >= 11 is 0. The predicted octanol–water partition coefficient (Wildman–Crippen LogP) is 2.86. The molecule has 0 spiro atoms. The van der Waals surface area contributed by atoms with Gasteiger partial charge in [-0.15, -0.1) is 0 Å². The zero-order chi connectivity index (χ0) is 14.7. The quantitative estimate of drug-likeness (QED) is 0.781. The van der Waals surface area contributed by atoms with Crippen molar-refractivity contribution >= 4 is 10.9 Å². The van der Waals surface area contributed by atoms with Crippen LogP contribution in [0.25, 0.3) is 10.9 Å². The number of likely N-dealkylation sites (N-methyl/N-ethyl adjacent to an activating group) is 1. The molecule has 0 amide bonds. The Morgan fingerprint density at radius 3 is 2.81 bits per heavy atom. The third-order valence-corrected chi connectivity index (χ3v) is 3.60. The molecule has 2 heterocycles. The topological polar surface area (TPSA) is 42.7 Å². The van der Waals surface area contributed by atoms with Gasteiger partial charge in [-0.1, -0.05) is 31.2 Å². The van der Waals surface area contributed by atoms with Gasteiger partial charge in [0.25, 0.3) is 0 Å². The van der Waals surface area contributed by atoms with Crippen LogP contribution in [0.5, 0.6) is 0 Å². The fourth-order valence-corrected chi connectivity index (χ4v) is 2.57. The van der Waals surface area contributed by atoms with Crippen LogP contribution in [0.3, 0.4) is 0 Å². The molecule has 0 saturated heterocycles. The Hall–Kier alpha value is -2.20. The van der Waals surface area contributed by atoms with Crippen molar-refractivity contribution in [3.05, 3.63) is 60.3 Å². The number of nitrogens with zero attached hydrogens (tertiary/aromatic N) is 3. The summed E-state index contributed by atoms with van der Waals surface area (Å²) in [6, 6.07) is 12.7. The van der Waals surface area contributed by atoms with Gasteiger partial charge in [-0.05, 0) is 18.7 Å². The Balaban J connectivity index is 1.86. The lowest BCUT2D eigenvalue weighted by molar-refractivity contribution is 0.533. The van der Waals surface area contributed by atoms with Crippen LogP contribution in [0.15, 0.2) is 48.9 Å². The average Bonchev–Trinajstić information content (AvgIpc) is 2.93. The fourth-order valence-electron chi connectivity index (χ4n) is 2.57. The zero-order valence-electron chi connectivity index (χ0n) is 12.5. The Labute approximate surface area is 124 Å². The highest BCUT2D eigenvalue weighted by Gasteiger charge is 2.14. The molecule has 0 bridgehead atoms. The summed E-state index contributed by atoms with van der Waals surface area (Å²) in [6.45, 7) is 3.03. The van der Waals surface area contributed by atoms with Crippen molar-refractivity contribution in [2.75, 3.05) is 6.54 Å². The number of benzene rings is 1. The second-order valence-electron chi connectivity index (χ2n) is 5.27. The van der Waals surface area contributed by atoms with Gasteiger partial charge < -0.3 is 9.88 Å². The molecule has 0 aliphatic heterocycles. The molecule has 3 aromatic rings. The van der Waals surface area contributed by atoms with Gasteiger partial charge in [0, 0.05) is 30.7 Å². The van der Waals surface area contributed by atoms with Crippen molar-refractivity contribution in [1.29, 1.82) is 0 Å². The Morgan fingerprint density at radius 1 is 1.19 bits per heavy atom. The first-order valence-corrected chi connectivity index (χ1v) is 7.32. The number of rotatable bonds is 5. The highest BCUT2D eigenvalue weighted by Crippen LogP contribution is 2.18. The number of aromatic nitrogens is 3. The van der Waals surface area contributed by atoms with E-state index in [-0.39, 0.29) is 6.04 Å². The molecule has 3 rings (SSSR count). The highest BCUT2D eigenvalue weighted by atomic mass is 15.0. The summed E-state index contributed by atoms with van der Waals surface area (Å²) in [4.78, 5) is 9.22. The molecule has 0 saturated carbocycles. The van der Waals surface area contributed by atoms with Gasteiger partial charge in [0.2, 0.25) is 0 Å². The first-order chi connectivity index (χ1) is 10.3. The normalized spacial score (nSPS) is 12.7. The number of para-hydroxylation sites is 1. The Bertz CT molecular complexity index is 732. The summed E-state index contributed by atoms with van der Waals surface area (Å²) in [5.41, 5.74) is 3.20. The van der Waals surface area contributed by atoms with Gasteiger partial charge in [0.05, 0.1) is 23.6 Å². The summed E-state index contributed by atoms with van der Waals surface area (Å²) < 4.78 is 1.98. The van der Waals surface area contributed by atoms with Crippen molar-refractivity contribution in [1.82, 2.24) is 19.9 Å². The summed E-state index contributed by atoms with van der Waals surface area (Å²) in [7, 11) is 1.99. The summed E-state index contributed by atoms with van der Waals surface area (Å²) in [5.74, 6) is 0. The predicted molar refractivity (Wildman–Crippen MR) is 85.1 cm³/mol. The standard InChI is InChI=1S/C17H20N4/c1-3-18-16(17-11-21(2)12-19-17)10-14-9-8-13-6-4-5-7-15(13)20-14/h4-9,11-12,16,18H,3,10H2,1-2H3. The van der Waals surface area contributed by atoms with Crippen molar-refractivity contribution < 1.29 is 0 Å². The molecule has 0 aliphatic rings. The molecule has 1 atom stereocenters. The molecule has 0 aliphatic carbocycles. The van der Waals surface area contributed by atoms with Crippen LogP contribution in [0.1, 0.15) is 24.4 Å². The van der Waals surface area contributed by atoms with E-state index < -0.39 is 0 Å². The maximum atomic E-state index is 4.75. The number of hydrogen-bond donors (Lipinski definition) is 1. The van der Waals surface area contributed by atoms with Crippen molar-refractivity contribution in [3.63, 3.8) is 0 Å². The monoisotopic (exact) mass is 280 g/mol. The van der Waals surface area contributed by atoms with Gasteiger partial charge in [-0.3, -0.25) is 4.98 Å². The summed E-state index contributed by atoms with van der Waals surface area (Å²) in [5, 5.41) is 4.67. The lowest BCUT2D eigenvalue weighted by atomic mass is 10.1. The molecule has 0 radical (unpaired) electrons. The molecule has 4 nitrogen and oxygen atoms in total. The van der Waals surface area contributed by atoms with Crippen molar-refractivity contribution in [2.45, 2.75) is 19.4 Å². The number of hydrogen-bond acceptors (Lipinski definition) is 3. The minimum absolute atomic E-state index is 0.199. The van der Waals surface area contributed by atoms with Gasteiger partial charge in [-0.25, -0.2) is 4.98 Å². The van der Waals surface area contributed by atoms with Gasteiger partial charge in [0.1, 0.15) is 0 Å². The van der Waals surface area contributed by atoms with Crippen LogP contribution in [0.4, 0.5) is 0 Å². The minimum Gasteiger partial charge on any atom is -0.340 e. The van der Waals surface area contributed by atoms with E-state index in [4.69, 9.17) is 4.98 Å². The lowest BCUT2D eigenvalue weighted by Crippen LogP contribution is -2.23. The van der Waals surface area contributed by atoms with Gasteiger partial charge in [-0.2, -0.15) is 0 Å². The van der Waals surface area contributed by atoms with Crippen LogP contribution in [0, 0.1) is 0 Å². The zero-order valence-corrected chi connectivity index (χ0v) is 12.5. The molecule has 1 N–H and O–H groups in total. The van der Waals surface area contributed by atoms with E-state index >= 15 is 0 Å². The maximum absolute atomic E-state index is 4.75. The van der Waals surface area contributed by atoms with E-state index in [0.717, 1.165) is 29.9 Å². The molecular formula is C17H20N4. The molecule has 0 fully saturated rings. The SMILES string of the molecule is CCNC(Cc1ccc2ccccc2n1)c1cn(C)cn1. The van der Waals surface area contributed by atoms with Crippen molar-refractivity contribution in [2.24, 2.45) is 7.05 Å². The van der Waals surface area contributed by atoms with Crippen LogP contribution in [-0.4, -0.2) is 21.1 Å². The van der Waals surface area contributed by atoms with E-state index in [1.54, 1.807) is 0 Å². The molecule has 2 aromatic heterocycles. The van der Waals surface area contributed by atoms with E-state index in [2.05, 4.69) is 47.7 Å². The first-order valence-electron chi connectivity index (χ1n) is 7.32. The molecule has 21 heavy (non-hydrogen) atoms. The number of aryl methyl sites for hydroxylation is 1. The highest BCUT2D eigenvalue weighted by molar-refractivity contribution is 5.78. The maximum Gasteiger partial charge on any atom is 0.0947 e. The lowest BCUT2D eigenvalue weighted by Gasteiger charge is -2.15. The number of pyridine rings is 1. The van der Waals surface area contributed by atoms with Crippen LogP contribution in [0.2, 0.25) is 0 Å². The molecular weight excluding hydrogens is 260 g/mol. The third-order valence-electron chi connectivity index (χ3n) is 3.60.